The van der Waals surface area contributed by atoms with E-state index in [0.717, 1.165) is 0 Å². The van der Waals surface area contributed by atoms with Gasteiger partial charge >= 0.3 is 0 Å². The van der Waals surface area contributed by atoms with E-state index in [2.05, 4.69) is 95.5 Å². The monoisotopic (exact) mass is 419 g/mol. The highest BCUT2D eigenvalue weighted by Crippen LogP contribution is 2.38. The summed E-state index contributed by atoms with van der Waals surface area (Å²) >= 11 is 0. The van der Waals surface area contributed by atoms with Gasteiger partial charge < -0.3 is 0 Å². The Hall–Kier alpha value is -2.09. The summed E-state index contributed by atoms with van der Waals surface area (Å²) in [7, 11) is 0. The first-order valence-electron chi connectivity index (χ1n) is 12.4. The molecule has 0 amide bonds. The highest BCUT2D eigenvalue weighted by Gasteiger charge is 2.44. The molecule has 31 heavy (non-hydrogen) atoms. The molecule has 2 heteroatoms. The van der Waals surface area contributed by atoms with Crippen LogP contribution in [-0.4, -0.2) is 23.0 Å². The molecule has 1 heterocycles. The summed E-state index contributed by atoms with van der Waals surface area (Å²) in [5.41, 5.74) is 11.1. The van der Waals surface area contributed by atoms with Crippen LogP contribution >= 0.6 is 0 Å². The normalized spacial score (nSPS) is 18.6. The Labute approximate surface area is 191 Å². The number of hydrogen-bond donors (Lipinski definition) is 0. The van der Waals surface area contributed by atoms with Crippen LogP contribution in [0.25, 0.3) is 0 Å². The topological polar surface area (TPSA) is 6.25 Å². The number of unbranched alkanes of at least 4 members (excludes halogenated alkanes) is 2. The highest BCUT2D eigenvalue weighted by atomic mass is 15.3. The lowest BCUT2D eigenvalue weighted by molar-refractivity contribution is -0.476. The fourth-order valence-electron chi connectivity index (χ4n) is 5.77. The summed E-state index contributed by atoms with van der Waals surface area (Å²) in [5, 5.41) is 0. The van der Waals surface area contributed by atoms with Crippen molar-refractivity contribution in [3.63, 3.8) is 0 Å². The summed E-state index contributed by atoms with van der Waals surface area (Å²) in [5.74, 6) is 0. The van der Waals surface area contributed by atoms with Crippen LogP contribution in [0.5, 0.6) is 0 Å². The van der Waals surface area contributed by atoms with Gasteiger partial charge in [-0.25, -0.2) is 9.48 Å². The predicted molar refractivity (Wildman–Crippen MR) is 136 cm³/mol. The largest absolute Gasteiger partial charge is 0.245 e. The summed E-state index contributed by atoms with van der Waals surface area (Å²) in [4.78, 5) is 2.64. The van der Waals surface area contributed by atoms with Crippen molar-refractivity contribution in [1.29, 1.82) is 0 Å². The van der Waals surface area contributed by atoms with Gasteiger partial charge in [-0.1, -0.05) is 62.1 Å². The zero-order chi connectivity index (χ0) is 22.7. The third-order valence-corrected chi connectivity index (χ3v) is 6.90. The number of rotatable bonds is 8. The molecule has 2 aromatic rings. The van der Waals surface area contributed by atoms with E-state index in [1.807, 2.05) is 0 Å². The molecule has 168 valence electrons. The first-order chi connectivity index (χ1) is 14.8. The fraction of sp³-hybridized carbons (Fsp3) is 0.552. The molecule has 0 fully saturated rings. The van der Waals surface area contributed by atoms with Crippen molar-refractivity contribution in [2.45, 2.75) is 106 Å². The smallest absolute Gasteiger partial charge is 0.226 e. The Kier molecular flexibility index (Phi) is 7.62. The maximum absolute atomic E-state index is 2.64. The van der Waals surface area contributed by atoms with Crippen LogP contribution < -0.4 is 4.90 Å². The van der Waals surface area contributed by atoms with Crippen LogP contribution in [0.2, 0.25) is 0 Å². The molecule has 1 aliphatic rings. The molecule has 0 saturated heterocycles. The van der Waals surface area contributed by atoms with E-state index >= 15 is 0 Å². The van der Waals surface area contributed by atoms with Gasteiger partial charge in [0.05, 0.1) is 0 Å². The number of hydrogen-bond acceptors (Lipinski definition) is 1. The lowest BCUT2D eigenvalue weighted by atomic mass is 9.94. The Balaban J connectivity index is 2.19. The third-order valence-electron chi connectivity index (χ3n) is 6.90. The van der Waals surface area contributed by atoms with Crippen molar-refractivity contribution in [2.24, 2.45) is 0 Å². The van der Waals surface area contributed by atoms with Gasteiger partial charge in [-0.2, -0.15) is 0 Å². The molecule has 3 rings (SSSR count). The lowest BCUT2D eigenvalue weighted by Crippen LogP contribution is -2.39. The Morgan fingerprint density at radius 1 is 0.710 bits per heavy atom. The molecular formula is C29H43N2+. The number of anilines is 1. The maximum atomic E-state index is 2.64. The molecule has 0 spiro atoms. The van der Waals surface area contributed by atoms with Crippen molar-refractivity contribution in [2.75, 3.05) is 4.90 Å². The van der Waals surface area contributed by atoms with Crippen LogP contribution in [0.1, 0.15) is 85.8 Å². The molecule has 2 nitrogen and oxygen atoms in total. The molecule has 0 radical (unpaired) electrons. The highest BCUT2D eigenvalue weighted by molar-refractivity contribution is 5.83. The minimum absolute atomic E-state index is 0.520. The fourth-order valence-corrected chi connectivity index (χ4v) is 5.77. The molecule has 0 bridgehead atoms. The van der Waals surface area contributed by atoms with Gasteiger partial charge in [0.15, 0.2) is 0 Å². The second-order valence-corrected chi connectivity index (χ2v) is 9.84. The predicted octanol–water partition coefficient (Wildman–Crippen LogP) is 7.85. The molecular weight excluding hydrogens is 376 g/mol. The number of benzene rings is 2. The van der Waals surface area contributed by atoms with Gasteiger partial charge in [-0.05, 0) is 89.5 Å². The lowest BCUT2D eigenvalue weighted by Gasteiger charge is -2.26. The van der Waals surface area contributed by atoms with Gasteiger partial charge in [0.2, 0.25) is 6.34 Å². The molecule has 1 aliphatic heterocycles. The van der Waals surface area contributed by atoms with Crippen LogP contribution in [-0.2, 0) is 0 Å². The molecule has 0 aromatic heterocycles. The summed E-state index contributed by atoms with van der Waals surface area (Å²) in [6, 6.07) is 10.4. The maximum Gasteiger partial charge on any atom is 0.245 e. The van der Waals surface area contributed by atoms with Crippen LogP contribution in [0.3, 0.4) is 0 Å². The Morgan fingerprint density at radius 3 is 1.71 bits per heavy atom. The van der Waals surface area contributed by atoms with Gasteiger partial charge in [-0.15, -0.1) is 0 Å². The summed E-state index contributed by atoms with van der Waals surface area (Å²) < 4.78 is 2.64. The zero-order valence-corrected chi connectivity index (χ0v) is 21.2. The average molecular weight is 420 g/mol. The van der Waals surface area contributed by atoms with Crippen molar-refractivity contribution < 1.29 is 4.58 Å². The van der Waals surface area contributed by atoms with E-state index in [0.29, 0.717) is 12.1 Å². The molecule has 0 unspecified atom stereocenters. The zero-order valence-electron chi connectivity index (χ0n) is 21.2. The molecule has 0 saturated carbocycles. The van der Waals surface area contributed by atoms with E-state index in [9.17, 15) is 0 Å². The summed E-state index contributed by atoms with van der Waals surface area (Å²) in [6.07, 6.45) is 10.0. The Bertz CT molecular complexity index is 907. The van der Waals surface area contributed by atoms with Gasteiger partial charge in [-0.3, -0.25) is 0 Å². The van der Waals surface area contributed by atoms with E-state index < -0.39 is 0 Å². The molecule has 0 N–H and O–H groups in total. The van der Waals surface area contributed by atoms with E-state index in [4.69, 9.17) is 0 Å². The molecule has 2 aromatic carbocycles. The van der Waals surface area contributed by atoms with E-state index in [1.165, 1.54) is 83.3 Å². The second-order valence-electron chi connectivity index (χ2n) is 9.84. The van der Waals surface area contributed by atoms with Crippen molar-refractivity contribution in [3.05, 3.63) is 57.6 Å². The first kappa shape index (κ1) is 23.6. The van der Waals surface area contributed by atoms with Gasteiger partial charge in [0, 0.05) is 0 Å². The van der Waals surface area contributed by atoms with Crippen LogP contribution in [0.15, 0.2) is 24.3 Å². The Morgan fingerprint density at radius 2 is 1.19 bits per heavy atom. The van der Waals surface area contributed by atoms with E-state index in [1.54, 1.807) is 0 Å². The van der Waals surface area contributed by atoms with Crippen molar-refractivity contribution in [1.82, 2.24) is 0 Å². The van der Waals surface area contributed by atoms with Gasteiger partial charge in [0.1, 0.15) is 23.5 Å². The van der Waals surface area contributed by atoms with Crippen molar-refractivity contribution >= 4 is 17.7 Å². The SMILES string of the molecule is CCCC[C@H]1[C@H](CCCC)[N+](c2c(C)cc(C)cc2C)=CN1c1c(C)cc(C)cc1C. The van der Waals surface area contributed by atoms with E-state index in [-0.39, 0.29) is 0 Å². The third kappa shape index (κ3) is 4.89. The molecule has 0 aliphatic carbocycles. The number of nitrogens with zero attached hydrogens (tertiary/aromatic N) is 2. The van der Waals surface area contributed by atoms with Crippen LogP contribution in [0.4, 0.5) is 11.4 Å². The summed E-state index contributed by atoms with van der Waals surface area (Å²) in [6.45, 7) is 18.2. The standard InChI is InChI=1S/C29H43N2/c1-9-11-13-26-27(14-12-10-2)31(29-24(7)17-21(4)18-25(29)8)19-30(26)28-22(5)15-20(3)16-23(28)6/h15-19,26-27H,9-14H2,1-8H3/q+1/t26-,27-/m0/s1. The average Bonchev–Trinajstić information content (AvgIpc) is 3.00. The van der Waals surface area contributed by atoms with Gasteiger partial charge in [0.25, 0.3) is 0 Å². The van der Waals surface area contributed by atoms with Crippen LogP contribution in [0, 0.1) is 41.5 Å². The second kappa shape index (κ2) is 10.0. The first-order valence-corrected chi connectivity index (χ1v) is 12.4. The minimum atomic E-state index is 0.520. The molecule has 2 atom stereocenters. The van der Waals surface area contributed by atoms with Crippen molar-refractivity contribution in [3.8, 4) is 0 Å². The minimum Gasteiger partial charge on any atom is -0.226 e. The number of aryl methyl sites for hydroxylation is 6. The quantitative estimate of drug-likeness (QED) is 0.395.